The van der Waals surface area contributed by atoms with Gasteiger partial charge in [0.15, 0.2) is 5.69 Å². The first-order chi connectivity index (χ1) is 13.3. The van der Waals surface area contributed by atoms with Gasteiger partial charge in [-0.3, -0.25) is 0 Å². The Labute approximate surface area is 164 Å². The van der Waals surface area contributed by atoms with E-state index in [1.807, 2.05) is 33.8 Å². The van der Waals surface area contributed by atoms with Crippen molar-refractivity contribution >= 4 is 11.7 Å². The summed E-state index contributed by atoms with van der Waals surface area (Å²) in [4.78, 5) is 11.9. The van der Waals surface area contributed by atoms with Crippen LogP contribution in [0.15, 0.2) is 36.4 Å². The Kier molecular flexibility index (Phi) is 5.83. The fourth-order valence-electron chi connectivity index (χ4n) is 3.76. The predicted octanol–water partition coefficient (Wildman–Crippen LogP) is 2.01. The number of amides is 2. The van der Waals surface area contributed by atoms with Crippen molar-refractivity contribution in [3.8, 4) is 5.69 Å². The van der Waals surface area contributed by atoms with Crippen molar-refractivity contribution in [1.29, 1.82) is 0 Å². The number of quaternary nitrogens is 1. The number of aromatic nitrogens is 2. The van der Waals surface area contributed by atoms with E-state index in [2.05, 4.69) is 21.8 Å². The first kappa shape index (κ1) is 20.1. The minimum atomic E-state index is -0.981. The second-order valence-corrected chi connectivity index (χ2v) is 7.42. The maximum Gasteiger partial charge on any atom is 0.315 e. The van der Waals surface area contributed by atoms with Crippen molar-refractivity contribution in [3.05, 3.63) is 58.6 Å². The monoisotopic (exact) mass is 385 g/mol. The van der Waals surface area contributed by atoms with Gasteiger partial charge in [0.05, 0.1) is 5.69 Å². The van der Waals surface area contributed by atoms with Crippen molar-refractivity contribution in [2.24, 2.45) is 0 Å². The molecule has 3 rings (SSSR count). The Morgan fingerprint density at radius 2 is 2.04 bits per heavy atom. The van der Waals surface area contributed by atoms with Crippen LogP contribution in [0.2, 0.25) is 0 Å². The second-order valence-electron chi connectivity index (χ2n) is 7.42. The molecule has 3 atom stereocenters. The Hall–Kier alpha value is -2.68. The SMILES string of the molecule is Cc1nn(-c2ccccc2[NH+]([O-])O)c(C)c1[C@H]1C=C[C@@H](NC(=O)NC(C)C)C1. The maximum atomic E-state index is 11.9. The Morgan fingerprint density at radius 3 is 2.71 bits per heavy atom. The Balaban J connectivity index is 1.83. The molecule has 1 aromatic carbocycles. The molecule has 8 nitrogen and oxygen atoms in total. The van der Waals surface area contributed by atoms with Crippen LogP contribution in [0, 0.1) is 19.1 Å². The van der Waals surface area contributed by atoms with Gasteiger partial charge in [-0.15, -0.1) is 0 Å². The number of hydrogen-bond acceptors (Lipinski definition) is 4. The van der Waals surface area contributed by atoms with Crippen molar-refractivity contribution < 1.29 is 15.2 Å². The van der Waals surface area contributed by atoms with E-state index in [0.29, 0.717) is 5.69 Å². The molecular weight excluding hydrogens is 358 g/mol. The Bertz CT molecular complexity index is 888. The standard InChI is InChI=1S/C20H27N5O3/c1-12(2)21-20(26)22-16-10-9-15(11-16)19-13(3)23-24(14(19)4)17-7-5-6-8-18(17)25(27)28/h5-10,12,15-16,25,27H,11H2,1-4H3,(H2,21,22,26)/t15-,16+/m0/s1. The van der Waals surface area contributed by atoms with Crippen molar-refractivity contribution in [1.82, 2.24) is 20.4 Å². The number of carbonyl (C=O) groups excluding carboxylic acids is 1. The number of hydrogen-bond donors (Lipinski definition) is 4. The van der Waals surface area contributed by atoms with E-state index in [0.717, 1.165) is 23.4 Å². The summed E-state index contributed by atoms with van der Waals surface area (Å²) in [7, 11) is 0. The van der Waals surface area contributed by atoms with Crippen LogP contribution in [0.25, 0.3) is 5.69 Å². The van der Waals surface area contributed by atoms with Crippen LogP contribution in [-0.2, 0) is 0 Å². The van der Waals surface area contributed by atoms with Gasteiger partial charge in [0.1, 0.15) is 5.69 Å². The average Bonchev–Trinajstić information content (AvgIpc) is 3.17. The van der Waals surface area contributed by atoms with Crippen molar-refractivity contribution in [2.75, 3.05) is 0 Å². The van der Waals surface area contributed by atoms with E-state index in [9.17, 15) is 15.2 Å². The molecule has 1 heterocycles. The first-order valence-corrected chi connectivity index (χ1v) is 9.42. The number of para-hydroxylation sites is 2. The highest BCUT2D eigenvalue weighted by Gasteiger charge is 2.27. The fraction of sp³-hybridized carbons (Fsp3) is 0.400. The third kappa shape index (κ3) is 4.09. The number of nitrogens with one attached hydrogen (secondary N) is 3. The zero-order chi connectivity index (χ0) is 20.4. The number of benzene rings is 1. The zero-order valence-corrected chi connectivity index (χ0v) is 16.6. The van der Waals surface area contributed by atoms with Gasteiger partial charge in [-0.2, -0.15) is 10.3 Å². The lowest BCUT2D eigenvalue weighted by Crippen LogP contribution is -2.99. The van der Waals surface area contributed by atoms with Gasteiger partial charge in [0, 0.05) is 35.3 Å². The lowest BCUT2D eigenvalue weighted by atomic mass is 9.96. The van der Waals surface area contributed by atoms with Crippen LogP contribution >= 0.6 is 0 Å². The molecule has 2 aromatic rings. The van der Waals surface area contributed by atoms with Gasteiger partial charge in [-0.05, 0) is 40.2 Å². The molecule has 1 aliphatic carbocycles. The topological polar surface area (TPSA) is 107 Å². The third-order valence-electron chi connectivity index (χ3n) is 4.90. The lowest BCUT2D eigenvalue weighted by Gasteiger charge is -2.17. The van der Waals surface area contributed by atoms with Gasteiger partial charge in [0.25, 0.3) is 0 Å². The molecule has 0 radical (unpaired) electrons. The fourth-order valence-corrected chi connectivity index (χ4v) is 3.76. The lowest BCUT2D eigenvalue weighted by molar-refractivity contribution is -0.991. The molecular formula is C20H27N5O3. The van der Waals surface area contributed by atoms with Gasteiger partial charge >= 0.3 is 6.03 Å². The molecule has 0 spiro atoms. The summed E-state index contributed by atoms with van der Waals surface area (Å²) in [6.07, 6.45) is 4.84. The Morgan fingerprint density at radius 1 is 1.32 bits per heavy atom. The predicted molar refractivity (Wildman–Crippen MR) is 106 cm³/mol. The minimum absolute atomic E-state index is 0.0443. The molecule has 150 valence electrons. The van der Waals surface area contributed by atoms with Gasteiger partial charge in [0.2, 0.25) is 0 Å². The van der Waals surface area contributed by atoms with Crippen LogP contribution in [0.4, 0.5) is 10.5 Å². The van der Waals surface area contributed by atoms with Crippen LogP contribution in [0.1, 0.15) is 43.1 Å². The molecule has 1 aromatic heterocycles. The summed E-state index contributed by atoms with van der Waals surface area (Å²) < 4.78 is 1.70. The van der Waals surface area contributed by atoms with E-state index < -0.39 is 5.23 Å². The highest BCUT2D eigenvalue weighted by Crippen LogP contribution is 2.34. The number of rotatable bonds is 5. The number of aryl methyl sites for hydroxylation is 1. The number of carbonyl (C=O) groups is 1. The summed E-state index contributed by atoms with van der Waals surface area (Å²) in [5.74, 6) is 0.120. The first-order valence-electron chi connectivity index (χ1n) is 9.42. The summed E-state index contributed by atoms with van der Waals surface area (Å²) in [6, 6.07) is 6.72. The van der Waals surface area contributed by atoms with Gasteiger partial charge in [-0.25, -0.2) is 14.7 Å². The van der Waals surface area contributed by atoms with Crippen LogP contribution in [0.3, 0.4) is 0 Å². The molecule has 1 aliphatic rings. The smallest absolute Gasteiger partial charge is 0.315 e. The van der Waals surface area contributed by atoms with E-state index in [1.54, 1.807) is 28.9 Å². The van der Waals surface area contributed by atoms with Crippen molar-refractivity contribution in [3.63, 3.8) is 0 Å². The minimum Gasteiger partial charge on any atom is -0.595 e. The molecule has 2 amide bonds. The van der Waals surface area contributed by atoms with Crippen molar-refractivity contribution in [2.45, 2.75) is 52.1 Å². The summed E-state index contributed by atoms with van der Waals surface area (Å²) in [5, 5.41) is 30.5. The van der Waals surface area contributed by atoms with E-state index in [1.165, 1.54) is 0 Å². The maximum absolute atomic E-state index is 11.9. The number of nitrogens with zero attached hydrogens (tertiary/aromatic N) is 2. The highest BCUT2D eigenvalue weighted by atomic mass is 16.8. The highest BCUT2D eigenvalue weighted by molar-refractivity contribution is 5.74. The molecule has 28 heavy (non-hydrogen) atoms. The normalized spacial score (nSPS) is 19.8. The summed E-state index contributed by atoms with van der Waals surface area (Å²) >= 11 is 0. The van der Waals surface area contributed by atoms with Crippen LogP contribution < -0.4 is 15.9 Å². The molecule has 1 unspecified atom stereocenters. The van der Waals surface area contributed by atoms with Crippen LogP contribution in [-0.4, -0.2) is 33.1 Å². The van der Waals surface area contributed by atoms with Gasteiger partial charge < -0.3 is 15.8 Å². The van der Waals surface area contributed by atoms with Crippen LogP contribution in [0.5, 0.6) is 0 Å². The molecule has 0 aliphatic heterocycles. The molecule has 0 fully saturated rings. The number of urea groups is 1. The molecule has 0 bridgehead atoms. The number of allylic oxidation sites excluding steroid dienone is 1. The van der Waals surface area contributed by atoms with Gasteiger partial charge in [-0.1, -0.05) is 24.3 Å². The van der Waals surface area contributed by atoms with E-state index in [-0.39, 0.29) is 29.7 Å². The summed E-state index contributed by atoms with van der Waals surface area (Å²) in [6.45, 7) is 7.72. The second kappa shape index (κ2) is 8.14. The third-order valence-corrected chi connectivity index (χ3v) is 4.90. The van der Waals surface area contributed by atoms with E-state index >= 15 is 0 Å². The molecule has 4 N–H and O–H groups in total. The average molecular weight is 385 g/mol. The quantitative estimate of drug-likeness (QED) is 0.466. The molecule has 8 heteroatoms. The zero-order valence-electron chi connectivity index (χ0n) is 16.6. The largest absolute Gasteiger partial charge is 0.595 e. The molecule has 0 saturated carbocycles. The summed E-state index contributed by atoms with van der Waals surface area (Å²) in [5.41, 5.74) is 3.61. The van der Waals surface area contributed by atoms with E-state index in [4.69, 9.17) is 0 Å². The molecule has 0 saturated heterocycles.